The van der Waals surface area contributed by atoms with Crippen LogP contribution < -0.4 is 4.74 Å². The molecule has 0 bridgehead atoms. The predicted octanol–water partition coefficient (Wildman–Crippen LogP) is 2.00. The number of aryl methyl sites for hydroxylation is 1. The summed E-state index contributed by atoms with van der Waals surface area (Å²) in [4.78, 5) is 10.8. The number of carbonyl (C=O) groups is 1. The van der Waals surface area contributed by atoms with Crippen molar-refractivity contribution >= 4 is 5.97 Å². The highest BCUT2D eigenvalue weighted by atomic mass is 16.5. The van der Waals surface area contributed by atoms with E-state index in [4.69, 9.17) is 9.84 Å². The number of para-hydroxylation sites is 1. The Hall–Kier alpha value is -2.30. The van der Waals surface area contributed by atoms with E-state index >= 15 is 0 Å². The standard InChI is InChI=1S/C12H12N2O3/c1-8-4-2-3-5-11(8)17-7-10-9(12(15)16)6-13-14-10/h2-6H,7H2,1H3,(H,13,14)(H,15,16). The van der Waals surface area contributed by atoms with Crippen LogP contribution in [0.4, 0.5) is 0 Å². The molecule has 2 N–H and O–H groups in total. The second-order valence-electron chi connectivity index (χ2n) is 3.62. The summed E-state index contributed by atoms with van der Waals surface area (Å²) in [6, 6.07) is 7.56. The SMILES string of the molecule is Cc1ccccc1OCc1[nH]ncc1C(=O)O. The molecule has 0 atom stereocenters. The zero-order valence-electron chi connectivity index (χ0n) is 9.30. The van der Waals surface area contributed by atoms with Crippen LogP contribution in [0.5, 0.6) is 5.75 Å². The topological polar surface area (TPSA) is 75.2 Å². The molecule has 0 spiro atoms. The van der Waals surface area contributed by atoms with Gasteiger partial charge in [0.05, 0.1) is 11.9 Å². The lowest BCUT2D eigenvalue weighted by Gasteiger charge is -2.07. The Morgan fingerprint density at radius 2 is 2.24 bits per heavy atom. The Kier molecular flexibility index (Phi) is 3.09. The monoisotopic (exact) mass is 232 g/mol. The Labute approximate surface area is 98.0 Å². The van der Waals surface area contributed by atoms with E-state index in [0.29, 0.717) is 5.69 Å². The van der Waals surface area contributed by atoms with Crippen LogP contribution in [0.3, 0.4) is 0 Å². The van der Waals surface area contributed by atoms with Crippen LogP contribution in [0.1, 0.15) is 21.6 Å². The molecule has 0 fully saturated rings. The lowest BCUT2D eigenvalue weighted by Crippen LogP contribution is -2.04. The number of nitrogens with zero attached hydrogens (tertiary/aromatic N) is 1. The molecule has 0 aliphatic heterocycles. The third kappa shape index (κ3) is 2.44. The van der Waals surface area contributed by atoms with Gasteiger partial charge in [-0.15, -0.1) is 0 Å². The number of hydrogen-bond acceptors (Lipinski definition) is 3. The zero-order valence-corrected chi connectivity index (χ0v) is 9.30. The first-order valence-electron chi connectivity index (χ1n) is 5.12. The maximum atomic E-state index is 10.8. The van der Waals surface area contributed by atoms with Gasteiger partial charge in [0.15, 0.2) is 0 Å². The van der Waals surface area contributed by atoms with Crippen LogP contribution in [0.25, 0.3) is 0 Å². The number of hydrogen-bond donors (Lipinski definition) is 2. The van der Waals surface area contributed by atoms with Crippen molar-refractivity contribution in [2.45, 2.75) is 13.5 Å². The molecule has 0 aliphatic rings. The van der Waals surface area contributed by atoms with Crippen molar-refractivity contribution in [2.24, 2.45) is 0 Å². The average molecular weight is 232 g/mol. The number of nitrogens with one attached hydrogen (secondary N) is 1. The third-order valence-corrected chi connectivity index (χ3v) is 2.41. The van der Waals surface area contributed by atoms with Gasteiger partial charge in [-0.1, -0.05) is 18.2 Å². The smallest absolute Gasteiger partial charge is 0.339 e. The van der Waals surface area contributed by atoms with Crippen molar-refractivity contribution < 1.29 is 14.6 Å². The fourth-order valence-corrected chi connectivity index (χ4v) is 1.48. The number of benzene rings is 1. The van der Waals surface area contributed by atoms with Gasteiger partial charge in [-0.25, -0.2) is 4.79 Å². The lowest BCUT2D eigenvalue weighted by atomic mass is 10.2. The summed E-state index contributed by atoms with van der Waals surface area (Å²) in [7, 11) is 0. The van der Waals surface area contributed by atoms with E-state index in [1.807, 2.05) is 31.2 Å². The average Bonchev–Trinajstić information content (AvgIpc) is 2.76. The Morgan fingerprint density at radius 1 is 1.47 bits per heavy atom. The number of aromatic carboxylic acids is 1. The fourth-order valence-electron chi connectivity index (χ4n) is 1.48. The molecule has 0 saturated heterocycles. The summed E-state index contributed by atoms with van der Waals surface area (Å²) < 4.78 is 5.54. The van der Waals surface area contributed by atoms with Crippen molar-refractivity contribution in [1.82, 2.24) is 10.2 Å². The highest BCUT2D eigenvalue weighted by molar-refractivity contribution is 5.88. The number of aromatic amines is 1. The maximum Gasteiger partial charge on any atom is 0.339 e. The molecule has 1 aromatic heterocycles. The predicted molar refractivity (Wildman–Crippen MR) is 61.1 cm³/mol. The molecule has 5 heteroatoms. The number of H-pyrrole nitrogens is 1. The summed E-state index contributed by atoms with van der Waals surface area (Å²) >= 11 is 0. The van der Waals surface area contributed by atoms with Crippen LogP contribution in [-0.4, -0.2) is 21.3 Å². The number of rotatable bonds is 4. The molecule has 0 amide bonds. The van der Waals surface area contributed by atoms with Gasteiger partial charge < -0.3 is 9.84 Å². The van der Waals surface area contributed by atoms with Crippen LogP contribution in [-0.2, 0) is 6.61 Å². The molecule has 2 aromatic rings. The minimum atomic E-state index is -1.01. The number of carboxylic acid groups (broad SMARTS) is 1. The number of aromatic nitrogens is 2. The molecule has 0 unspecified atom stereocenters. The van der Waals surface area contributed by atoms with E-state index in [2.05, 4.69) is 10.2 Å². The molecule has 1 aromatic carbocycles. The summed E-state index contributed by atoms with van der Waals surface area (Å²) in [6.07, 6.45) is 1.28. The van der Waals surface area contributed by atoms with Crippen molar-refractivity contribution in [3.05, 3.63) is 47.3 Å². The quantitative estimate of drug-likeness (QED) is 0.845. The molecule has 1 heterocycles. The Bertz CT molecular complexity index is 534. The van der Waals surface area contributed by atoms with Gasteiger partial charge in [-0.05, 0) is 18.6 Å². The summed E-state index contributed by atoms with van der Waals surface area (Å²) in [5.74, 6) is -0.277. The molecule has 0 radical (unpaired) electrons. The summed E-state index contributed by atoms with van der Waals surface area (Å²) in [5.41, 5.74) is 1.60. The Balaban J connectivity index is 2.10. The largest absolute Gasteiger partial charge is 0.487 e. The zero-order chi connectivity index (χ0) is 12.3. The van der Waals surface area contributed by atoms with Crippen molar-refractivity contribution in [2.75, 3.05) is 0 Å². The highest BCUT2D eigenvalue weighted by Gasteiger charge is 2.12. The molecule has 88 valence electrons. The minimum absolute atomic E-state index is 0.138. The highest BCUT2D eigenvalue weighted by Crippen LogP contribution is 2.18. The van der Waals surface area contributed by atoms with E-state index in [1.54, 1.807) is 0 Å². The van der Waals surface area contributed by atoms with Gasteiger partial charge >= 0.3 is 5.97 Å². The van der Waals surface area contributed by atoms with E-state index in [1.165, 1.54) is 6.20 Å². The summed E-state index contributed by atoms with van der Waals surface area (Å²) in [5, 5.41) is 15.2. The molecule has 17 heavy (non-hydrogen) atoms. The van der Waals surface area contributed by atoms with Gasteiger partial charge in [-0.3, -0.25) is 5.10 Å². The van der Waals surface area contributed by atoms with E-state index < -0.39 is 5.97 Å². The molecule has 0 saturated carbocycles. The molecule has 0 aliphatic carbocycles. The van der Waals surface area contributed by atoms with Gasteiger partial charge in [0.2, 0.25) is 0 Å². The lowest BCUT2D eigenvalue weighted by molar-refractivity contribution is 0.0694. The van der Waals surface area contributed by atoms with Crippen LogP contribution in [0, 0.1) is 6.92 Å². The maximum absolute atomic E-state index is 10.8. The molecule has 5 nitrogen and oxygen atoms in total. The van der Waals surface area contributed by atoms with E-state index in [9.17, 15) is 4.79 Å². The third-order valence-electron chi connectivity index (χ3n) is 2.41. The molecule has 2 rings (SSSR count). The van der Waals surface area contributed by atoms with Crippen LogP contribution in [0.15, 0.2) is 30.5 Å². The number of ether oxygens (including phenoxy) is 1. The molecular formula is C12H12N2O3. The second-order valence-corrected chi connectivity index (χ2v) is 3.62. The first-order valence-corrected chi connectivity index (χ1v) is 5.12. The minimum Gasteiger partial charge on any atom is -0.487 e. The van der Waals surface area contributed by atoms with Crippen molar-refractivity contribution in [3.8, 4) is 5.75 Å². The van der Waals surface area contributed by atoms with Gasteiger partial charge in [0.25, 0.3) is 0 Å². The molecular weight excluding hydrogens is 220 g/mol. The first-order chi connectivity index (χ1) is 8.18. The van der Waals surface area contributed by atoms with E-state index in [0.717, 1.165) is 11.3 Å². The number of carboxylic acids is 1. The van der Waals surface area contributed by atoms with Crippen LogP contribution in [0.2, 0.25) is 0 Å². The van der Waals surface area contributed by atoms with Gasteiger partial charge in [0, 0.05) is 0 Å². The van der Waals surface area contributed by atoms with Crippen LogP contribution >= 0.6 is 0 Å². The van der Waals surface area contributed by atoms with Gasteiger partial charge in [0.1, 0.15) is 17.9 Å². The first kappa shape index (κ1) is 11.2. The van der Waals surface area contributed by atoms with Gasteiger partial charge in [-0.2, -0.15) is 5.10 Å². The van der Waals surface area contributed by atoms with E-state index in [-0.39, 0.29) is 12.2 Å². The van der Waals surface area contributed by atoms with Crippen molar-refractivity contribution in [3.63, 3.8) is 0 Å². The van der Waals surface area contributed by atoms with Crippen molar-refractivity contribution in [1.29, 1.82) is 0 Å². The summed E-state index contributed by atoms with van der Waals surface area (Å²) in [6.45, 7) is 2.09. The fraction of sp³-hybridized carbons (Fsp3) is 0.167. The Morgan fingerprint density at radius 3 is 2.94 bits per heavy atom. The normalized spacial score (nSPS) is 10.2. The second kappa shape index (κ2) is 4.69.